The first-order valence-corrected chi connectivity index (χ1v) is 8.81. The molecular formula is C22H27O3-. The lowest BCUT2D eigenvalue weighted by atomic mass is 9.95. The van der Waals surface area contributed by atoms with E-state index < -0.39 is 5.97 Å². The smallest absolute Gasteiger partial charge is 0.165 e. The van der Waals surface area contributed by atoms with E-state index in [-0.39, 0.29) is 17.6 Å². The molecule has 0 aromatic heterocycles. The van der Waals surface area contributed by atoms with Gasteiger partial charge in [-0.15, -0.1) is 0 Å². The molecule has 2 aromatic rings. The molecule has 0 fully saturated rings. The zero-order valence-electron chi connectivity index (χ0n) is 15.5. The number of carboxylic acids is 1. The maximum atomic E-state index is 12.0. The van der Waals surface area contributed by atoms with Gasteiger partial charge in [0.1, 0.15) is 0 Å². The second-order valence-electron chi connectivity index (χ2n) is 6.25. The van der Waals surface area contributed by atoms with E-state index in [4.69, 9.17) is 0 Å². The van der Waals surface area contributed by atoms with Gasteiger partial charge >= 0.3 is 0 Å². The quantitative estimate of drug-likeness (QED) is 0.735. The van der Waals surface area contributed by atoms with Crippen LogP contribution < -0.4 is 5.11 Å². The fraction of sp³-hybridized carbons (Fsp3) is 0.364. The van der Waals surface area contributed by atoms with Crippen LogP contribution in [-0.2, 0) is 4.79 Å². The lowest BCUT2D eigenvalue weighted by Crippen LogP contribution is -2.28. The zero-order valence-corrected chi connectivity index (χ0v) is 15.5. The fourth-order valence-electron chi connectivity index (χ4n) is 2.09. The molecule has 2 aromatic carbocycles. The van der Waals surface area contributed by atoms with Crippen LogP contribution in [0.4, 0.5) is 0 Å². The summed E-state index contributed by atoms with van der Waals surface area (Å²) in [5.41, 5.74) is 3.14. The highest BCUT2D eigenvalue weighted by Crippen LogP contribution is 2.20. The molecule has 3 nitrogen and oxygen atoms in total. The van der Waals surface area contributed by atoms with Crippen LogP contribution >= 0.6 is 0 Å². The maximum absolute atomic E-state index is 12.0. The second-order valence-corrected chi connectivity index (χ2v) is 6.25. The summed E-state index contributed by atoms with van der Waals surface area (Å²) in [5.74, 6) is -0.910. The van der Waals surface area contributed by atoms with E-state index in [0.717, 1.165) is 17.5 Å². The van der Waals surface area contributed by atoms with Crippen molar-refractivity contribution in [3.63, 3.8) is 0 Å². The SMILES string of the molecule is CCC(C)C(=O)[O-].CCC(C)C(=O)c1ccc(-c2ccccc2)cc1. The van der Waals surface area contributed by atoms with Gasteiger partial charge in [0.05, 0.1) is 0 Å². The topological polar surface area (TPSA) is 57.2 Å². The molecule has 0 N–H and O–H groups in total. The number of rotatable bonds is 6. The fourth-order valence-corrected chi connectivity index (χ4v) is 2.09. The van der Waals surface area contributed by atoms with Crippen molar-refractivity contribution in [2.75, 3.05) is 0 Å². The molecule has 0 aliphatic carbocycles. The minimum absolute atomic E-state index is 0.104. The summed E-state index contributed by atoms with van der Waals surface area (Å²) in [5, 5.41) is 9.82. The van der Waals surface area contributed by atoms with E-state index >= 15 is 0 Å². The number of hydrogen-bond acceptors (Lipinski definition) is 3. The minimum Gasteiger partial charge on any atom is -0.550 e. The number of ketones is 1. The highest BCUT2D eigenvalue weighted by Gasteiger charge is 2.12. The Labute approximate surface area is 150 Å². The average molecular weight is 339 g/mol. The Bertz CT molecular complexity index is 659. The summed E-state index contributed by atoms with van der Waals surface area (Å²) in [6.07, 6.45) is 1.54. The van der Waals surface area contributed by atoms with Gasteiger partial charge in [0.2, 0.25) is 0 Å². The summed E-state index contributed by atoms with van der Waals surface area (Å²) < 4.78 is 0. The lowest BCUT2D eigenvalue weighted by molar-refractivity contribution is -0.311. The van der Waals surface area contributed by atoms with Crippen LogP contribution in [-0.4, -0.2) is 11.8 Å². The van der Waals surface area contributed by atoms with E-state index in [0.29, 0.717) is 6.42 Å². The summed E-state index contributed by atoms with van der Waals surface area (Å²) >= 11 is 0. The molecule has 0 radical (unpaired) electrons. The molecule has 0 aliphatic rings. The van der Waals surface area contributed by atoms with Crippen molar-refractivity contribution >= 4 is 11.8 Å². The van der Waals surface area contributed by atoms with E-state index in [1.54, 1.807) is 6.92 Å². The van der Waals surface area contributed by atoms with Crippen LogP contribution in [0.25, 0.3) is 11.1 Å². The van der Waals surface area contributed by atoms with Gasteiger partial charge in [-0.25, -0.2) is 0 Å². The molecule has 0 bridgehead atoms. The van der Waals surface area contributed by atoms with Crippen LogP contribution in [0.5, 0.6) is 0 Å². The molecule has 0 amide bonds. The van der Waals surface area contributed by atoms with Crippen molar-refractivity contribution in [3.05, 3.63) is 60.2 Å². The van der Waals surface area contributed by atoms with E-state index in [9.17, 15) is 14.7 Å². The monoisotopic (exact) mass is 339 g/mol. The van der Waals surface area contributed by atoms with Gasteiger partial charge in [0, 0.05) is 17.5 Å². The third-order valence-electron chi connectivity index (χ3n) is 4.35. The Morgan fingerprint density at radius 3 is 1.68 bits per heavy atom. The molecule has 134 valence electrons. The van der Waals surface area contributed by atoms with E-state index in [2.05, 4.69) is 12.1 Å². The van der Waals surface area contributed by atoms with Crippen molar-refractivity contribution < 1.29 is 14.7 Å². The average Bonchev–Trinajstić information content (AvgIpc) is 2.67. The van der Waals surface area contributed by atoms with Crippen molar-refractivity contribution in [1.29, 1.82) is 0 Å². The number of hydrogen-bond donors (Lipinski definition) is 0. The van der Waals surface area contributed by atoms with Crippen molar-refractivity contribution in [2.24, 2.45) is 11.8 Å². The number of benzene rings is 2. The number of aliphatic carboxylic acids is 1. The Hall–Kier alpha value is -2.42. The van der Waals surface area contributed by atoms with Crippen LogP contribution in [0, 0.1) is 11.8 Å². The molecular weight excluding hydrogens is 312 g/mol. The lowest BCUT2D eigenvalue weighted by Gasteiger charge is -2.08. The highest BCUT2D eigenvalue weighted by atomic mass is 16.4. The van der Waals surface area contributed by atoms with Gasteiger partial charge in [-0.2, -0.15) is 0 Å². The summed E-state index contributed by atoms with van der Waals surface area (Å²) in [6.45, 7) is 7.48. The van der Waals surface area contributed by atoms with Crippen molar-refractivity contribution in [3.8, 4) is 11.1 Å². The molecule has 2 unspecified atom stereocenters. The Balaban J connectivity index is 0.000000381. The molecule has 25 heavy (non-hydrogen) atoms. The predicted molar refractivity (Wildman–Crippen MR) is 100 cm³/mol. The largest absolute Gasteiger partial charge is 0.550 e. The van der Waals surface area contributed by atoms with Gasteiger partial charge in [-0.1, -0.05) is 82.3 Å². The van der Waals surface area contributed by atoms with E-state index in [1.165, 1.54) is 5.56 Å². The van der Waals surface area contributed by atoms with E-state index in [1.807, 2.05) is 63.2 Å². The Morgan fingerprint density at radius 2 is 1.28 bits per heavy atom. The Kier molecular flexibility index (Phi) is 8.62. The molecule has 0 aliphatic heterocycles. The minimum atomic E-state index is -0.956. The molecule has 0 saturated heterocycles. The molecule has 0 spiro atoms. The van der Waals surface area contributed by atoms with Gasteiger partial charge in [-0.3, -0.25) is 4.79 Å². The van der Waals surface area contributed by atoms with Crippen LogP contribution in [0.3, 0.4) is 0 Å². The van der Waals surface area contributed by atoms with Crippen molar-refractivity contribution in [2.45, 2.75) is 40.5 Å². The standard InChI is InChI=1S/C17H18O.C5H10O2/c1-3-13(2)17(18)16-11-9-15(10-12-16)14-7-5-4-6-8-14;1-3-4(2)5(6)7/h4-13H,3H2,1-2H3;4H,3H2,1-2H3,(H,6,7)/p-1. The molecule has 2 atom stereocenters. The summed E-state index contributed by atoms with van der Waals surface area (Å²) in [4.78, 5) is 21.8. The number of carboxylic acid groups (broad SMARTS) is 1. The molecule has 0 saturated carbocycles. The summed E-state index contributed by atoms with van der Waals surface area (Å²) in [7, 11) is 0. The Morgan fingerprint density at radius 1 is 0.800 bits per heavy atom. The molecule has 0 heterocycles. The number of carbonyl (C=O) groups excluding carboxylic acids is 2. The first kappa shape index (κ1) is 20.6. The van der Waals surface area contributed by atoms with Gasteiger partial charge < -0.3 is 9.90 Å². The van der Waals surface area contributed by atoms with Gasteiger partial charge in [0.25, 0.3) is 0 Å². The third-order valence-corrected chi connectivity index (χ3v) is 4.35. The first-order valence-electron chi connectivity index (χ1n) is 8.81. The zero-order chi connectivity index (χ0) is 18.8. The van der Waals surface area contributed by atoms with Crippen LogP contribution in [0.15, 0.2) is 54.6 Å². The highest BCUT2D eigenvalue weighted by molar-refractivity contribution is 5.98. The van der Waals surface area contributed by atoms with Gasteiger partial charge in [-0.05, 0) is 29.9 Å². The van der Waals surface area contributed by atoms with Crippen molar-refractivity contribution in [1.82, 2.24) is 0 Å². The molecule has 2 rings (SSSR count). The number of Topliss-reactive ketones (excluding diaryl/α,β-unsaturated/α-hetero) is 1. The molecule has 3 heteroatoms. The second kappa shape index (κ2) is 10.4. The van der Waals surface area contributed by atoms with Gasteiger partial charge in [0.15, 0.2) is 5.78 Å². The predicted octanol–water partition coefficient (Wildman–Crippen LogP) is 4.36. The first-order chi connectivity index (χ1) is 11.9. The number of carbonyl (C=O) groups is 2. The normalized spacial score (nSPS) is 12.5. The van der Waals surface area contributed by atoms with Crippen LogP contribution in [0.1, 0.15) is 50.9 Å². The van der Waals surface area contributed by atoms with Crippen LogP contribution in [0.2, 0.25) is 0 Å². The summed E-state index contributed by atoms with van der Waals surface area (Å²) in [6, 6.07) is 18.1. The maximum Gasteiger partial charge on any atom is 0.165 e. The third kappa shape index (κ3) is 6.54.